The number of likely N-dealkylation sites (N-methyl/N-ethyl adjacent to an activating group) is 1. The quantitative estimate of drug-likeness (QED) is 0.382. The predicted molar refractivity (Wildman–Crippen MR) is 52.0 cm³/mol. The van der Waals surface area contributed by atoms with E-state index in [4.69, 9.17) is 5.84 Å². The molecule has 0 heterocycles. The maximum Gasteiger partial charge on any atom is 0.253 e. The van der Waals surface area contributed by atoms with Crippen molar-refractivity contribution < 1.29 is 4.79 Å². The fraction of sp³-hybridized carbons (Fsp3) is 0.857. The lowest BCUT2D eigenvalue weighted by Crippen LogP contribution is -2.54. The summed E-state index contributed by atoms with van der Waals surface area (Å²) in [6, 6.07) is 0. The molecule has 0 aromatic carbocycles. The Hall–Kier alpha value is -0.320. The van der Waals surface area contributed by atoms with Crippen molar-refractivity contribution in [1.29, 1.82) is 0 Å². The maximum atomic E-state index is 11.2. The van der Waals surface area contributed by atoms with Gasteiger partial charge in [0.15, 0.2) is 0 Å². The van der Waals surface area contributed by atoms with Gasteiger partial charge in [0.05, 0.1) is 5.54 Å². The molecule has 0 unspecified atom stereocenters. The van der Waals surface area contributed by atoms with Crippen molar-refractivity contribution in [3.05, 3.63) is 0 Å². The molecule has 0 aliphatic carbocycles. The van der Waals surface area contributed by atoms with Gasteiger partial charge in [-0.15, -0.1) is 12.4 Å². The van der Waals surface area contributed by atoms with Gasteiger partial charge in [-0.2, -0.15) is 0 Å². The summed E-state index contributed by atoms with van der Waals surface area (Å²) >= 11 is 0. The van der Waals surface area contributed by atoms with Crippen molar-refractivity contribution in [2.24, 2.45) is 5.84 Å². The summed E-state index contributed by atoms with van der Waals surface area (Å²) in [6.45, 7) is 6.48. The number of carbonyl (C=O) groups excluding carboxylic acids is 1. The van der Waals surface area contributed by atoms with E-state index >= 15 is 0 Å². The van der Waals surface area contributed by atoms with Crippen LogP contribution in [0.1, 0.15) is 20.8 Å². The van der Waals surface area contributed by atoms with Crippen molar-refractivity contribution >= 4 is 18.3 Å². The minimum atomic E-state index is -0.524. The fourth-order valence-electron chi connectivity index (χ4n) is 0.745. The van der Waals surface area contributed by atoms with Crippen LogP contribution in [0.5, 0.6) is 0 Å². The summed E-state index contributed by atoms with van der Waals surface area (Å²) in [7, 11) is 1.88. The Morgan fingerprint density at radius 1 is 1.58 bits per heavy atom. The Labute approximate surface area is 79.9 Å². The van der Waals surface area contributed by atoms with Gasteiger partial charge in [-0.1, -0.05) is 6.92 Å². The number of carbonyl (C=O) groups is 1. The highest BCUT2D eigenvalue weighted by molar-refractivity contribution is 5.85. The molecule has 0 rings (SSSR count). The molecule has 1 amide bonds. The number of hydrogen-bond donors (Lipinski definition) is 2. The van der Waals surface area contributed by atoms with Gasteiger partial charge >= 0.3 is 0 Å². The lowest BCUT2D eigenvalue weighted by molar-refractivity contribution is -0.130. The minimum absolute atomic E-state index is 0. The summed E-state index contributed by atoms with van der Waals surface area (Å²) in [5.41, 5.74) is 1.62. The number of halogens is 1. The van der Waals surface area contributed by atoms with E-state index in [2.05, 4.69) is 5.43 Å². The lowest BCUT2D eigenvalue weighted by Gasteiger charge is -2.32. The van der Waals surface area contributed by atoms with Crippen LogP contribution in [0.25, 0.3) is 0 Å². The predicted octanol–water partition coefficient (Wildman–Crippen LogP) is 0.128. The molecule has 4 nitrogen and oxygen atoms in total. The number of nitrogens with zero attached hydrogens (tertiary/aromatic N) is 1. The van der Waals surface area contributed by atoms with Crippen LogP contribution in [0.3, 0.4) is 0 Å². The van der Waals surface area contributed by atoms with Crippen LogP contribution >= 0.6 is 12.4 Å². The summed E-state index contributed by atoms with van der Waals surface area (Å²) in [5.74, 6) is 4.86. The maximum absolute atomic E-state index is 11.2. The fourth-order valence-corrected chi connectivity index (χ4v) is 0.745. The molecule has 0 fully saturated rings. The second kappa shape index (κ2) is 5.35. The van der Waals surface area contributed by atoms with Crippen LogP contribution < -0.4 is 11.3 Å². The second-order valence-corrected chi connectivity index (χ2v) is 3.05. The highest BCUT2D eigenvalue weighted by Crippen LogP contribution is 2.10. The Morgan fingerprint density at radius 2 is 2.00 bits per heavy atom. The zero-order valence-electron chi connectivity index (χ0n) is 8.05. The van der Waals surface area contributed by atoms with E-state index in [1.807, 2.05) is 32.7 Å². The van der Waals surface area contributed by atoms with Gasteiger partial charge in [0.1, 0.15) is 0 Å². The van der Waals surface area contributed by atoms with E-state index in [1.165, 1.54) is 0 Å². The Bertz CT molecular complexity index is 150. The highest BCUT2D eigenvalue weighted by Gasteiger charge is 2.30. The molecule has 3 N–H and O–H groups in total. The van der Waals surface area contributed by atoms with E-state index in [0.29, 0.717) is 0 Å². The zero-order chi connectivity index (χ0) is 9.07. The molecule has 0 aromatic rings. The van der Waals surface area contributed by atoms with Crippen LogP contribution in [0.15, 0.2) is 0 Å². The molecule has 5 heteroatoms. The van der Waals surface area contributed by atoms with Crippen molar-refractivity contribution in [2.45, 2.75) is 26.3 Å². The zero-order valence-corrected chi connectivity index (χ0v) is 8.86. The number of rotatable bonds is 3. The minimum Gasteiger partial charge on any atom is -0.293 e. The average Bonchev–Trinajstić information content (AvgIpc) is 2.01. The Kier molecular flexibility index (Phi) is 6.34. The molecule has 0 bridgehead atoms. The van der Waals surface area contributed by atoms with Crippen LogP contribution in [0.4, 0.5) is 0 Å². The van der Waals surface area contributed by atoms with Crippen LogP contribution in [-0.2, 0) is 4.79 Å². The van der Waals surface area contributed by atoms with Crippen LogP contribution in [-0.4, -0.2) is 29.9 Å². The molecule has 0 aliphatic heterocycles. The molecule has 12 heavy (non-hydrogen) atoms. The first kappa shape index (κ1) is 14.2. The molecule has 74 valence electrons. The molecular formula is C7H18ClN3O. The Morgan fingerprint density at radius 3 is 2.25 bits per heavy atom. The van der Waals surface area contributed by atoms with E-state index in [1.54, 1.807) is 0 Å². The third-order valence-corrected chi connectivity index (χ3v) is 2.12. The normalized spacial score (nSPS) is 10.8. The SMILES string of the molecule is CCN(C)C(C)(C)C(=O)NN.Cl. The number of amides is 1. The van der Waals surface area contributed by atoms with Crippen molar-refractivity contribution in [3.8, 4) is 0 Å². The van der Waals surface area contributed by atoms with Crippen molar-refractivity contribution in [1.82, 2.24) is 10.3 Å². The molecular weight excluding hydrogens is 178 g/mol. The van der Waals surface area contributed by atoms with Gasteiger partial charge in [-0.25, -0.2) is 5.84 Å². The smallest absolute Gasteiger partial charge is 0.253 e. The second-order valence-electron chi connectivity index (χ2n) is 3.05. The molecule has 0 aromatic heterocycles. The van der Waals surface area contributed by atoms with Crippen molar-refractivity contribution in [2.75, 3.05) is 13.6 Å². The summed E-state index contributed by atoms with van der Waals surface area (Å²) in [6.07, 6.45) is 0. The van der Waals surface area contributed by atoms with Gasteiger partial charge in [0.2, 0.25) is 0 Å². The molecule has 0 spiro atoms. The first-order chi connectivity index (χ1) is 4.96. The third-order valence-electron chi connectivity index (χ3n) is 2.12. The first-order valence-corrected chi connectivity index (χ1v) is 3.69. The van der Waals surface area contributed by atoms with Gasteiger partial charge < -0.3 is 0 Å². The van der Waals surface area contributed by atoms with Gasteiger partial charge in [0, 0.05) is 0 Å². The monoisotopic (exact) mass is 195 g/mol. The first-order valence-electron chi connectivity index (χ1n) is 3.69. The topological polar surface area (TPSA) is 58.4 Å². The Balaban J connectivity index is 0. The van der Waals surface area contributed by atoms with E-state index < -0.39 is 5.54 Å². The molecule has 0 saturated carbocycles. The van der Waals surface area contributed by atoms with Gasteiger partial charge in [-0.05, 0) is 27.4 Å². The lowest BCUT2D eigenvalue weighted by atomic mass is 10.0. The van der Waals surface area contributed by atoms with Crippen molar-refractivity contribution in [3.63, 3.8) is 0 Å². The largest absolute Gasteiger partial charge is 0.293 e. The molecule has 0 aliphatic rings. The van der Waals surface area contributed by atoms with E-state index in [-0.39, 0.29) is 18.3 Å². The van der Waals surface area contributed by atoms with Gasteiger partial charge in [-0.3, -0.25) is 15.1 Å². The van der Waals surface area contributed by atoms with Crippen LogP contribution in [0, 0.1) is 0 Å². The number of hydrogen-bond acceptors (Lipinski definition) is 3. The molecule has 0 radical (unpaired) electrons. The average molecular weight is 196 g/mol. The molecule has 0 saturated heterocycles. The van der Waals surface area contributed by atoms with E-state index in [0.717, 1.165) is 6.54 Å². The number of hydrazine groups is 1. The molecule has 0 atom stereocenters. The standard InChI is InChI=1S/C7H17N3O.ClH/c1-5-10(4)7(2,3)6(11)9-8;/h5,8H2,1-4H3,(H,9,11);1H. The van der Waals surface area contributed by atoms with E-state index in [9.17, 15) is 4.79 Å². The van der Waals surface area contributed by atoms with Crippen LogP contribution in [0.2, 0.25) is 0 Å². The number of nitrogens with two attached hydrogens (primary N) is 1. The summed E-state index contributed by atoms with van der Waals surface area (Å²) in [5, 5.41) is 0. The third kappa shape index (κ3) is 2.97. The van der Waals surface area contributed by atoms with Gasteiger partial charge in [0.25, 0.3) is 5.91 Å². The summed E-state index contributed by atoms with van der Waals surface area (Å²) in [4.78, 5) is 13.1. The number of nitrogens with one attached hydrogen (secondary N) is 1. The summed E-state index contributed by atoms with van der Waals surface area (Å²) < 4.78 is 0. The highest BCUT2D eigenvalue weighted by atomic mass is 35.5.